The van der Waals surface area contributed by atoms with Crippen molar-refractivity contribution in [2.45, 2.75) is 64.8 Å². The molecule has 1 rings (SSSR count). The maximum atomic E-state index is 3.58. The van der Waals surface area contributed by atoms with Crippen molar-refractivity contribution in [3.63, 3.8) is 0 Å². The van der Waals surface area contributed by atoms with Crippen molar-refractivity contribution in [2.24, 2.45) is 5.92 Å². The van der Waals surface area contributed by atoms with Crippen LogP contribution in [0.25, 0.3) is 0 Å². The SMILES string of the molecule is CCCCCC(C)CCNC1CC1. The maximum Gasteiger partial charge on any atom is 0.00682 e. The molecule has 1 aliphatic rings. The summed E-state index contributed by atoms with van der Waals surface area (Å²) >= 11 is 0. The van der Waals surface area contributed by atoms with Crippen LogP contribution in [0.3, 0.4) is 0 Å². The highest BCUT2D eigenvalue weighted by molar-refractivity contribution is 4.80. The van der Waals surface area contributed by atoms with E-state index in [0.29, 0.717) is 0 Å². The topological polar surface area (TPSA) is 12.0 Å². The predicted octanol–water partition coefficient (Wildman–Crippen LogP) is 3.34. The van der Waals surface area contributed by atoms with Gasteiger partial charge in [0.25, 0.3) is 0 Å². The highest BCUT2D eigenvalue weighted by atomic mass is 14.9. The van der Waals surface area contributed by atoms with Crippen molar-refractivity contribution in [3.05, 3.63) is 0 Å². The molecule has 0 heterocycles. The zero-order valence-electron chi connectivity index (χ0n) is 9.31. The molecule has 0 radical (unpaired) electrons. The Kier molecular flexibility index (Phi) is 5.45. The Hall–Kier alpha value is -0.0400. The lowest BCUT2D eigenvalue weighted by Crippen LogP contribution is -2.19. The molecular formula is C12H25N. The molecule has 0 amide bonds. The Morgan fingerprint density at radius 3 is 2.62 bits per heavy atom. The summed E-state index contributed by atoms with van der Waals surface area (Å²) in [6.07, 6.45) is 9.85. The van der Waals surface area contributed by atoms with E-state index in [-0.39, 0.29) is 0 Å². The summed E-state index contributed by atoms with van der Waals surface area (Å²) in [6.45, 7) is 5.92. The molecule has 1 aliphatic carbocycles. The largest absolute Gasteiger partial charge is 0.314 e. The molecule has 13 heavy (non-hydrogen) atoms. The second kappa shape index (κ2) is 6.42. The van der Waals surface area contributed by atoms with E-state index in [1.165, 1.54) is 51.5 Å². The number of nitrogens with one attached hydrogen (secondary N) is 1. The lowest BCUT2D eigenvalue weighted by Gasteiger charge is -2.10. The van der Waals surface area contributed by atoms with Crippen molar-refractivity contribution in [1.82, 2.24) is 5.32 Å². The molecule has 0 aliphatic heterocycles. The third-order valence-electron chi connectivity index (χ3n) is 2.95. The van der Waals surface area contributed by atoms with Gasteiger partial charge in [-0.1, -0.05) is 39.5 Å². The van der Waals surface area contributed by atoms with Crippen LogP contribution in [0.15, 0.2) is 0 Å². The Morgan fingerprint density at radius 1 is 1.23 bits per heavy atom. The van der Waals surface area contributed by atoms with Crippen molar-refractivity contribution in [3.8, 4) is 0 Å². The molecular weight excluding hydrogens is 158 g/mol. The van der Waals surface area contributed by atoms with E-state index in [0.717, 1.165) is 12.0 Å². The van der Waals surface area contributed by atoms with Gasteiger partial charge in [-0.05, 0) is 31.7 Å². The summed E-state index contributed by atoms with van der Waals surface area (Å²) in [4.78, 5) is 0. The van der Waals surface area contributed by atoms with Gasteiger partial charge in [0.05, 0.1) is 0 Å². The second-order valence-corrected chi connectivity index (χ2v) is 4.62. The van der Waals surface area contributed by atoms with E-state index in [1.807, 2.05) is 0 Å². The quantitative estimate of drug-likeness (QED) is 0.569. The van der Waals surface area contributed by atoms with Crippen LogP contribution in [0.5, 0.6) is 0 Å². The molecule has 0 aromatic rings. The van der Waals surface area contributed by atoms with Gasteiger partial charge in [0.1, 0.15) is 0 Å². The smallest absolute Gasteiger partial charge is 0.00682 e. The van der Waals surface area contributed by atoms with E-state index in [9.17, 15) is 0 Å². The normalized spacial score (nSPS) is 18.9. The third-order valence-corrected chi connectivity index (χ3v) is 2.95. The van der Waals surface area contributed by atoms with E-state index in [1.54, 1.807) is 0 Å². The van der Waals surface area contributed by atoms with E-state index >= 15 is 0 Å². The second-order valence-electron chi connectivity index (χ2n) is 4.62. The highest BCUT2D eigenvalue weighted by Crippen LogP contribution is 2.19. The molecule has 1 fully saturated rings. The fourth-order valence-corrected chi connectivity index (χ4v) is 1.71. The first-order valence-corrected chi connectivity index (χ1v) is 6.06. The van der Waals surface area contributed by atoms with Gasteiger partial charge < -0.3 is 5.32 Å². The highest BCUT2D eigenvalue weighted by Gasteiger charge is 2.19. The van der Waals surface area contributed by atoms with Crippen LogP contribution in [-0.4, -0.2) is 12.6 Å². The average Bonchev–Trinajstić information content (AvgIpc) is 2.89. The minimum Gasteiger partial charge on any atom is -0.314 e. The number of unbranched alkanes of at least 4 members (excludes halogenated alkanes) is 2. The minimum absolute atomic E-state index is 0.892. The third kappa shape index (κ3) is 6.09. The summed E-state index contributed by atoms with van der Waals surface area (Å²) in [5.74, 6) is 0.929. The van der Waals surface area contributed by atoms with Crippen LogP contribution in [0.2, 0.25) is 0 Å². The minimum atomic E-state index is 0.892. The summed E-state index contributed by atoms with van der Waals surface area (Å²) in [7, 11) is 0. The molecule has 0 spiro atoms. The van der Waals surface area contributed by atoms with Crippen LogP contribution in [0, 0.1) is 5.92 Å². The van der Waals surface area contributed by atoms with Crippen LogP contribution < -0.4 is 5.32 Å². The van der Waals surface area contributed by atoms with Gasteiger partial charge in [0.15, 0.2) is 0 Å². The standard InChI is InChI=1S/C12H25N/c1-3-4-5-6-11(2)9-10-13-12-7-8-12/h11-13H,3-10H2,1-2H3. The molecule has 0 bridgehead atoms. The Labute approximate surface area is 83.3 Å². The van der Waals surface area contributed by atoms with E-state index < -0.39 is 0 Å². The zero-order valence-corrected chi connectivity index (χ0v) is 9.31. The van der Waals surface area contributed by atoms with Gasteiger partial charge >= 0.3 is 0 Å². The first-order chi connectivity index (χ1) is 6.33. The Balaban J connectivity index is 1.81. The van der Waals surface area contributed by atoms with E-state index in [2.05, 4.69) is 19.2 Å². The van der Waals surface area contributed by atoms with Crippen molar-refractivity contribution >= 4 is 0 Å². The van der Waals surface area contributed by atoms with Crippen LogP contribution in [0.1, 0.15) is 58.8 Å². The average molecular weight is 183 g/mol. The van der Waals surface area contributed by atoms with Gasteiger partial charge in [-0.15, -0.1) is 0 Å². The lowest BCUT2D eigenvalue weighted by atomic mass is 10.00. The van der Waals surface area contributed by atoms with Gasteiger partial charge in [-0.25, -0.2) is 0 Å². The monoisotopic (exact) mass is 183 g/mol. The van der Waals surface area contributed by atoms with Gasteiger partial charge in [0, 0.05) is 6.04 Å². The zero-order chi connectivity index (χ0) is 9.52. The lowest BCUT2D eigenvalue weighted by molar-refractivity contribution is 0.447. The first-order valence-electron chi connectivity index (χ1n) is 6.06. The summed E-state index contributed by atoms with van der Waals surface area (Å²) in [6, 6.07) is 0.892. The molecule has 1 N–H and O–H groups in total. The molecule has 1 saturated carbocycles. The molecule has 1 heteroatoms. The molecule has 1 nitrogen and oxygen atoms in total. The predicted molar refractivity (Wildman–Crippen MR) is 58.9 cm³/mol. The molecule has 0 aromatic heterocycles. The fraction of sp³-hybridized carbons (Fsp3) is 1.00. The van der Waals surface area contributed by atoms with Gasteiger partial charge in [0.2, 0.25) is 0 Å². The number of hydrogen-bond donors (Lipinski definition) is 1. The fourth-order valence-electron chi connectivity index (χ4n) is 1.71. The van der Waals surface area contributed by atoms with Gasteiger partial charge in [-0.3, -0.25) is 0 Å². The van der Waals surface area contributed by atoms with Crippen molar-refractivity contribution in [2.75, 3.05) is 6.54 Å². The van der Waals surface area contributed by atoms with Crippen LogP contribution in [-0.2, 0) is 0 Å². The maximum absolute atomic E-state index is 3.58. The first kappa shape index (κ1) is 11.0. The van der Waals surface area contributed by atoms with Crippen LogP contribution in [0.4, 0.5) is 0 Å². The van der Waals surface area contributed by atoms with E-state index in [4.69, 9.17) is 0 Å². The Morgan fingerprint density at radius 2 is 2.00 bits per heavy atom. The number of hydrogen-bond acceptors (Lipinski definition) is 1. The summed E-state index contributed by atoms with van der Waals surface area (Å²) in [5, 5.41) is 3.58. The molecule has 0 saturated heterocycles. The number of rotatable bonds is 8. The molecule has 1 atom stereocenters. The molecule has 78 valence electrons. The molecule has 1 unspecified atom stereocenters. The summed E-state index contributed by atoms with van der Waals surface area (Å²) < 4.78 is 0. The van der Waals surface area contributed by atoms with Crippen LogP contribution >= 0.6 is 0 Å². The van der Waals surface area contributed by atoms with Crippen molar-refractivity contribution < 1.29 is 0 Å². The Bertz CT molecular complexity index is 118. The van der Waals surface area contributed by atoms with Gasteiger partial charge in [-0.2, -0.15) is 0 Å². The summed E-state index contributed by atoms with van der Waals surface area (Å²) in [5.41, 5.74) is 0. The van der Waals surface area contributed by atoms with Crippen molar-refractivity contribution in [1.29, 1.82) is 0 Å². The molecule has 0 aromatic carbocycles.